The Balaban J connectivity index is 1.63. The van der Waals surface area contributed by atoms with Crippen LogP contribution in [0.3, 0.4) is 0 Å². The first kappa shape index (κ1) is 19.8. The van der Waals surface area contributed by atoms with Crippen molar-refractivity contribution in [3.8, 4) is 0 Å². The minimum Gasteiger partial charge on any atom is -0.378 e. The summed E-state index contributed by atoms with van der Waals surface area (Å²) in [5.41, 5.74) is 3.47. The van der Waals surface area contributed by atoms with E-state index in [1.165, 1.54) is 19.3 Å². The van der Waals surface area contributed by atoms with Crippen LogP contribution in [0.15, 0.2) is 60.9 Å². The van der Waals surface area contributed by atoms with E-state index in [0.717, 1.165) is 11.4 Å². The van der Waals surface area contributed by atoms with Crippen molar-refractivity contribution >= 4 is 40.5 Å². The third kappa shape index (κ3) is 5.52. The van der Waals surface area contributed by atoms with Gasteiger partial charge in [-0.25, -0.2) is 9.97 Å². The van der Waals surface area contributed by atoms with Crippen LogP contribution < -0.4 is 20.9 Å². The van der Waals surface area contributed by atoms with Crippen molar-refractivity contribution in [3.05, 3.63) is 66.5 Å². The highest BCUT2D eigenvalue weighted by Gasteiger charge is 2.08. The van der Waals surface area contributed by atoms with Gasteiger partial charge in [0.2, 0.25) is 11.9 Å². The highest BCUT2D eigenvalue weighted by molar-refractivity contribution is 6.04. The van der Waals surface area contributed by atoms with E-state index in [2.05, 4.69) is 25.9 Å². The second kappa shape index (κ2) is 8.83. The minimum absolute atomic E-state index is 0.148. The number of carbonyl (C=O) groups excluding carboxylic acids is 2. The summed E-state index contributed by atoms with van der Waals surface area (Å²) in [7, 11) is 3.91. The van der Waals surface area contributed by atoms with E-state index < -0.39 is 0 Å². The molecule has 0 spiro atoms. The first-order valence-corrected chi connectivity index (χ1v) is 8.96. The van der Waals surface area contributed by atoms with Crippen LogP contribution >= 0.6 is 0 Å². The lowest BCUT2D eigenvalue weighted by molar-refractivity contribution is -0.114. The number of nitrogens with one attached hydrogen (secondary N) is 3. The summed E-state index contributed by atoms with van der Waals surface area (Å²) >= 11 is 0. The molecule has 3 aromatic rings. The van der Waals surface area contributed by atoms with Gasteiger partial charge in [0, 0.05) is 56.2 Å². The highest BCUT2D eigenvalue weighted by atomic mass is 16.2. The van der Waals surface area contributed by atoms with Gasteiger partial charge in [-0.3, -0.25) is 9.59 Å². The second-order valence-electron chi connectivity index (χ2n) is 6.58. The molecule has 0 bridgehead atoms. The molecule has 2 amide bonds. The molecular formula is C21H22N6O2. The number of rotatable bonds is 6. The lowest BCUT2D eigenvalue weighted by atomic mass is 10.2. The van der Waals surface area contributed by atoms with Gasteiger partial charge in [-0.05, 0) is 42.5 Å². The van der Waals surface area contributed by atoms with Crippen molar-refractivity contribution in [1.82, 2.24) is 9.97 Å². The zero-order valence-corrected chi connectivity index (χ0v) is 16.4. The molecule has 8 heteroatoms. The van der Waals surface area contributed by atoms with Gasteiger partial charge < -0.3 is 20.9 Å². The molecule has 0 atom stereocenters. The second-order valence-corrected chi connectivity index (χ2v) is 6.58. The smallest absolute Gasteiger partial charge is 0.258 e. The van der Waals surface area contributed by atoms with Gasteiger partial charge in [0.05, 0.1) is 5.56 Å². The summed E-state index contributed by atoms with van der Waals surface area (Å²) in [6.07, 6.45) is 2.91. The summed E-state index contributed by atoms with van der Waals surface area (Å²) < 4.78 is 0. The minimum atomic E-state index is -0.290. The van der Waals surface area contributed by atoms with Crippen LogP contribution in [0.2, 0.25) is 0 Å². The van der Waals surface area contributed by atoms with Crippen LogP contribution in [0.25, 0.3) is 0 Å². The van der Waals surface area contributed by atoms with Crippen LogP contribution in [0.4, 0.5) is 28.7 Å². The highest BCUT2D eigenvalue weighted by Crippen LogP contribution is 2.19. The normalized spacial score (nSPS) is 10.2. The number of nitrogens with zero attached hydrogens (tertiary/aromatic N) is 3. The van der Waals surface area contributed by atoms with Crippen molar-refractivity contribution < 1.29 is 9.59 Å². The number of benzene rings is 2. The first-order valence-electron chi connectivity index (χ1n) is 8.96. The lowest BCUT2D eigenvalue weighted by Crippen LogP contribution is -2.13. The molecule has 1 heterocycles. The maximum atomic E-state index is 12.4. The third-order valence-corrected chi connectivity index (χ3v) is 3.99. The Kier molecular flexibility index (Phi) is 6.03. The third-order valence-electron chi connectivity index (χ3n) is 3.99. The van der Waals surface area contributed by atoms with Gasteiger partial charge in [-0.2, -0.15) is 0 Å². The molecule has 0 aliphatic rings. The Morgan fingerprint density at radius 2 is 1.52 bits per heavy atom. The van der Waals surface area contributed by atoms with E-state index >= 15 is 0 Å². The van der Waals surface area contributed by atoms with Gasteiger partial charge in [-0.15, -0.1) is 0 Å². The van der Waals surface area contributed by atoms with Crippen molar-refractivity contribution in [2.24, 2.45) is 0 Å². The molecule has 148 valence electrons. The van der Waals surface area contributed by atoms with Crippen LogP contribution in [0.5, 0.6) is 0 Å². The van der Waals surface area contributed by atoms with E-state index in [1.807, 2.05) is 49.3 Å². The lowest BCUT2D eigenvalue weighted by Gasteiger charge is -2.13. The predicted molar refractivity (Wildman–Crippen MR) is 115 cm³/mol. The van der Waals surface area contributed by atoms with Gasteiger partial charge in [0.1, 0.15) is 0 Å². The summed E-state index contributed by atoms with van der Waals surface area (Å²) in [5.74, 6) is -0.0937. The number of amides is 2. The topological polar surface area (TPSA) is 99.2 Å². The molecule has 0 fully saturated rings. The molecule has 3 rings (SSSR count). The van der Waals surface area contributed by atoms with Crippen LogP contribution in [0.1, 0.15) is 17.3 Å². The fraction of sp³-hybridized carbons (Fsp3) is 0.143. The Morgan fingerprint density at radius 1 is 0.862 bits per heavy atom. The summed E-state index contributed by atoms with van der Waals surface area (Å²) in [5, 5.41) is 8.57. The standard InChI is InChI=1S/C21H22N6O2/c1-14(28)24-17-5-4-6-18(11-17)26-21-22-12-15(13-23-21)20(29)25-16-7-9-19(10-8-16)27(2)3/h4-13H,1-3H3,(H,24,28)(H,25,29)(H,22,23,26). The number of anilines is 5. The zero-order chi connectivity index (χ0) is 20.8. The Morgan fingerprint density at radius 3 is 2.14 bits per heavy atom. The predicted octanol–water partition coefficient (Wildman–Crippen LogP) is 3.50. The zero-order valence-electron chi connectivity index (χ0n) is 16.4. The van der Waals surface area contributed by atoms with Crippen molar-refractivity contribution in [1.29, 1.82) is 0 Å². The summed E-state index contributed by atoms with van der Waals surface area (Å²) in [6, 6.07) is 14.7. The van der Waals surface area contributed by atoms with Crippen molar-refractivity contribution in [2.75, 3.05) is 34.9 Å². The molecule has 0 saturated carbocycles. The SMILES string of the molecule is CC(=O)Nc1cccc(Nc2ncc(C(=O)Nc3ccc(N(C)C)cc3)cn2)c1. The van der Waals surface area contributed by atoms with Crippen molar-refractivity contribution in [3.63, 3.8) is 0 Å². The maximum Gasteiger partial charge on any atom is 0.258 e. The molecule has 3 N–H and O–H groups in total. The monoisotopic (exact) mass is 390 g/mol. The molecule has 29 heavy (non-hydrogen) atoms. The molecular weight excluding hydrogens is 368 g/mol. The van der Waals surface area contributed by atoms with E-state index in [4.69, 9.17) is 0 Å². The molecule has 0 unspecified atom stereocenters. The van der Waals surface area contributed by atoms with E-state index in [9.17, 15) is 9.59 Å². The molecule has 0 aliphatic heterocycles. The number of hydrogen-bond donors (Lipinski definition) is 3. The van der Waals surface area contributed by atoms with Gasteiger partial charge in [0.25, 0.3) is 5.91 Å². The average Bonchev–Trinajstić information content (AvgIpc) is 2.68. The fourth-order valence-electron chi connectivity index (χ4n) is 2.56. The van der Waals surface area contributed by atoms with Crippen LogP contribution in [0, 0.1) is 0 Å². The Hall–Kier alpha value is -3.94. The number of aromatic nitrogens is 2. The van der Waals surface area contributed by atoms with E-state index in [1.54, 1.807) is 18.2 Å². The Labute approximate surface area is 169 Å². The largest absolute Gasteiger partial charge is 0.378 e. The molecule has 0 aliphatic carbocycles. The average molecular weight is 390 g/mol. The molecule has 8 nitrogen and oxygen atoms in total. The molecule has 1 aromatic heterocycles. The van der Waals surface area contributed by atoms with Gasteiger partial charge in [-0.1, -0.05) is 6.07 Å². The van der Waals surface area contributed by atoms with Gasteiger partial charge in [0.15, 0.2) is 0 Å². The molecule has 0 radical (unpaired) electrons. The van der Waals surface area contributed by atoms with E-state index in [0.29, 0.717) is 22.9 Å². The molecule has 0 saturated heterocycles. The first-order chi connectivity index (χ1) is 13.9. The fourth-order valence-corrected chi connectivity index (χ4v) is 2.56. The van der Waals surface area contributed by atoms with Crippen molar-refractivity contribution in [2.45, 2.75) is 6.92 Å². The quantitative estimate of drug-likeness (QED) is 0.596. The Bertz CT molecular complexity index is 1000. The van der Waals surface area contributed by atoms with E-state index in [-0.39, 0.29) is 11.8 Å². The van der Waals surface area contributed by atoms with Gasteiger partial charge >= 0.3 is 0 Å². The summed E-state index contributed by atoms with van der Waals surface area (Å²) in [4.78, 5) is 33.9. The van der Waals surface area contributed by atoms with Crippen LogP contribution in [-0.4, -0.2) is 35.9 Å². The number of carbonyl (C=O) groups is 2. The number of hydrogen-bond acceptors (Lipinski definition) is 6. The summed E-state index contributed by atoms with van der Waals surface area (Å²) in [6.45, 7) is 1.45. The maximum absolute atomic E-state index is 12.4. The molecule has 2 aromatic carbocycles. The van der Waals surface area contributed by atoms with Crippen LogP contribution in [-0.2, 0) is 4.79 Å².